The molecular formula is C14H15BrN2O3. The second-order valence-corrected chi connectivity index (χ2v) is 5.89. The SMILES string of the molecule is C[C@H](O)c1ccc(Br)cc1OCc1noc(C2CC2)n1. The van der Waals surface area contributed by atoms with Crippen LogP contribution in [0.3, 0.4) is 0 Å². The Morgan fingerprint density at radius 2 is 2.30 bits per heavy atom. The van der Waals surface area contributed by atoms with E-state index in [-0.39, 0.29) is 6.61 Å². The van der Waals surface area contributed by atoms with E-state index in [4.69, 9.17) is 9.26 Å². The lowest BCUT2D eigenvalue weighted by Crippen LogP contribution is -2.02. The monoisotopic (exact) mass is 338 g/mol. The zero-order valence-corrected chi connectivity index (χ0v) is 12.6. The van der Waals surface area contributed by atoms with Gasteiger partial charge in [0.05, 0.1) is 6.10 Å². The number of aromatic nitrogens is 2. The fraction of sp³-hybridized carbons (Fsp3) is 0.429. The summed E-state index contributed by atoms with van der Waals surface area (Å²) in [6, 6.07) is 5.52. The summed E-state index contributed by atoms with van der Waals surface area (Å²) < 4.78 is 11.8. The van der Waals surface area contributed by atoms with E-state index >= 15 is 0 Å². The number of benzene rings is 1. The lowest BCUT2D eigenvalue weighted by atomic mass is 10.1. The molecule has 1 heterocycles. The number of ether oxygens (including phenoxy) is 1. The average Bonchev–Trinajstić information content (AvgIpc) is 3.15. The van der Waals surface area contributed by atoms with Crippen LogP contribution in [0.2, 0.25) is 0 Å². The Morgan fingerprint density at radius 3 is 3.00 bits per heavy atom. The summed E-state index contributed by atoms with van der Waals surface area (Å²) in [6.45, 7) is 1.93. The maximum absolute atomic E-state index is 9.73. The van der Waals surface area contributed by atoms with Crippen LogP contribution in [0.25, 0.3) is 0 Å². The Labute approximate surface area is 125 Å². The number of hydrogen-bond donors (Lipinski definition) is 1. The van der Waals surface area contributed by atoms with Gasteiger partial charge in [0.25, 0.3) is 0 Å². The smallest absolute Gasteiger partial charge is 0.229 e. The van der Waals surface area contributed by atoms with E-state index in [1.54, 1.807) is 6.92 Å². The number of nitrogens with zero attached hydrogens (tertiary/aromatic N) is 2. The minimum Gasteiger partial charge on any atom is -0.485 e. The Hall–Kier alpha value is -1.40. The largest absolute Gasteiger partial charge is 0.485 e. The highest BCUT2D eigenvalue weighted by molar-refractivity contribution is 9.10. The summed E-state index contributed by atoms with van der Waals surface area (Å²) in [4.78, 5) is 4.31. The van der Waals surface area contributed by atoms with E-state index in [0.717, 1.165) is 22.9 Å². The first-order valence-corrected chi connectivity index (χ1v) is 7.35. The molecule has 1 aliphatic carbocycles. The maximum Gasteiger partial charge on any atom is 0.229 e. The van der Waals surface area contributed by atoms with Gasteiger partial charge in [0.1, 0.15) is 5.75 Å². The van der Waals surface area contributed by atoms with Crippen LogP contribution in [0, 0.1) is 0 Å². The molecule has 0 spiro atoms. The van der Waals surface area contributed by atoms with E-state index in [1.807, 2.05) is 18.2 Å². The highest BCUT2D eigenvalue weighted by atomic mass is 79.9. The van der Waals surface area contributed by atoms with Crippen molar-refractivity contribution in [3.05, 3.63) is 40.0 Å². The van der Waals surface area contributed by atoms with E-state index in [2.05, 4.69) is 26.1 Å². The molecular weight excluding hydrogens is 324 g/mol. The molecule has 0 saturated heterocycles. The van der Waals surface area contributed by atoms with Crippen LogP contribution in [0.1, 0.15) is 49.1 Å². The van der Waals surface area contributed by atoms with Gasteiger partial charge in [-0.2, -0.15) is 4.98 Å². The standard InChI is InChI=1S/C14H15BrN2O3/c1-8(18)11-5-4-10(15)6-12(11)19-7-13-16-14(20-17-13)9-2-3-9/h4-6,8-9,18H,2-3,7H2,1H3/t8-/m0/s1. The van der Waals surface area contributed by atoms with E-state index in [9.17, 15) is 5.11 Å². The molecule has 0 bridgehead atoms. The summed E-state index contributed by atoms with van der Waals surface area (Å²) >= 11 is 3.39. The minimum atomic E-state index is -0.592. The third-order valence-corrected chi connectivity index (χ3v) is 3.69. The quantitative estimate of drug-likeness (QED) is 0.905. The van der Waals surface area contributed by atoms with Crippen molar-refractivity contribution in [3.63, 3.8) is 0 Å². The molecule has 1 atom stereocenters. The summed E-state index contributed by atoms with van der Waals surface area (Å²) in [5.74, 6) is 2.29. The maximum atomic E-state index is 9.73. The normalized spacial score (nSPS) is 16.1. The third kappa shape index (κ3) is 3.02. The second kappa shape index (κ2) is 5.54. The number of rotatable bonds is 5. The molecule has 20 heavy (non-hydrogen) atoms. The van der Waals surface area contributed by atoms with Gasteiger partial charge >= 0.3 is 0 Å². The number of halogens is 1. The van der Waals surface area contributed by atoms with Gasteiger partial charge in [-0.25, -0.2) is 0 Å². The van der Waals surface area contributed by atoms with Crippen LogP contribution in [0.4, 0.5) is 0 Å². The molecule has 2 aromatic rings. The van der Waals surface area contributed by atoms with E-state index in [1.165, 1.54) is 0 Å². The second-order valence-electron chi connectivity index (χ2n) is 4.97. The van der Waals surface area contributed by atoms with Crippen molar-refractivity contribution in [3.8, 4) is 5.75 Å². The van der Waals surface area contributed by atoms with Gasteiger partial charge in [-0.1, -0.05) is 27.2 Å². The van der Waals surface area contributed by atoms with Crippen LogP contribution in [-0.4, -0.2) is 15.2 Å². The predicted octanol–water partition coefficient (Wildman–Crippen LogP) is 3.34. The minimum absolute atomic E-state index is 0.229. The van der Waals surface area contributed by atoms with Gasteiger partial charge in [0.2, 0.25) is 11.7 Å². The first kappa shape index (κ1) is 13.6. The summed E-state index contributed by atoms with van der Waals surface area (Å²) in [6.07, 6.45) is 1.66. The predicted molar refractivity (Wildman–Crippen MR) is 75.4 cm³/mol. The highest BCUT2D eigenvalue weighted by Crippen LogP contribution is 2.38. The van der Waals surface area contributed by atoms with Crippen LogP contribution in [0.5, 0.6) is 5.75 Å². The van der Waals surface area contributed by atoms with Crippen molar-refractivity contribution >= 4 is 15.9 Å². The zero-order valence-electron chi connectivity index (χ0n) is 11.0. The lowest BCUT2D eigenvalue weighted by molar-refractivity contribution is 0.189. The molecule has 3 rings (SSSR count). The molecule has 106 valence electrons. The van der Waals surface area contributed by atoms with Gasteiger partial charge in [-0.05, 0) is 31.9 Å². The first-order chi connectivity index (χ1) is 9.63. The van der Waals surface area contributed by atoms with Gasteiger partial charge in [-0.15, -0.1) is 0 Å². The van der Waals surface area contributed by atoms with Crippen molar-refractivity contribution in [2.75, 3.05) is 0 Å². The molecule has 1 N–H and O–H groups in total. The molecule has 1 aromatic heterocycles. The van der Waals surface area contributed by atoms with Crippen molar-refractivity contribution in [2.45, 2.75) is 38.4 Å². The Bertz CT molecular complexity index is 608. The van der Waals surface area contributed by atoms with Crippen LogP contribution in [-0.2, 0) is 6.61 Å². The topological polar surface area (TPSA) is 68.4 Å². The fourth-order valence-corrected chi connectivity index (χ4v) is 2.28. The summed E-state index contributed by atoms with van der Waals surface area (Å²) in [5.41, 5.74) is 0.735. The molecule has 0 amide bonds. The molecule has 1 saturated carbocycles. The van der Waals surface area contributed by atoms with Gasteiger partial charge < -0.3 is 14.4 Å². The molecule has 0 aliphatic heterocycles. The lowest BCUT2D eigenvalue weighted by Gasteiger charge is -2.12. The third-order valence-electron chi connectivity index (χ3n) is 3.19. The average molecular weight is 339 g/mol. The van der Waals surface area contributed by atoms with Crippen LogP contribution < -0.4 is 4.74 Å². The van der Waals surface area contributed by atoms with Gasteiger partial charge in [0, 0.05) is 16.0 Å². The fourth-order valence-electron chi connectivity index (χ4n) is 1.94. The first-order valence-electron chi connectivity index (χ1n) is 6.56. The molecule has 0 radical (unpaired) electrons. The number of aliphatic hydroxyl groups is 1. The Morgan fingerprint density at radius 1 is 1.50 bits per heavy atom. The van der Waals surface area contributed by atoms with Gasteiger partial charge in [0.15, 0.2) is 6.61 Å². The Balaban J connectivity index is 1.71. The highest BCUT2D eigenvalue weighted by Gasteiger charge is 2.29. The van der Waals surface area contributed by atoms with Crippen molar-refractivity contribution in [1.82, 2.24) is 10.1 Å². The van der Waals surface area contributed by atoms with Crippen molar-refractivity contribution in [2.24, 2.45) is 0 Å². The zero-order chi connectivity index (χ0) is 14.1. The molecule has 5 nitrogen and oxygen atoms in total. The molecule has 0 unspecified atom stereocenters. The summed E-state index contributed by atoms with van der Waals surface area (Å²) in [7, 11) is 0. The molecule has 1 aromatic carbocycles. The molecule has 6 heteroatoms. The van der Waals surface area contributed by atoms with Crippen LogP contribution >= 0.6 is 15.9 Å². The molecule has 1 aliphatic rings. The van der Waals surface area contributed by atoms with Crippen molar-refractivity contribution in [1.29, 1.82) is 0 Å². The number of aliphatic hydroxyl groups excluding tert-OH is 1. The van der Waals surface area contributed by atoms with Crippen molar-refractivity contribution < 1.29 is 14.4 Å². The van der Waals surface area contributed by atoms with Crippen LogP contribution in [0.15, 0.2) is 27.2 Å². The Kier molecular flexibility index (Phi) is 3.76. The molecule has 1 fully saturated rings. The number of hydrogen-bond acceptors (Lipinski definition) is 5. The van der Waals surface area contributed by atoms with E-state index in [0.29, 0.717) is 23.4 Å². The van der Waals surface area contributed by atoms with E-state index < -0.39 is 6.10 Å². The van der Waals surface area contributed by atoms with Gasteiger partial charge in [-0.3, -0.25) is 0 Å². The summed E-state index contributed by atoms with van der Waals surface area (Å²) in [5, 5.41) is 13.6.